The fraction of sp³-hybridized carbons (Fsp3) is 0.548. The molecular weight excluding hydrogens is 464 g/mol. The first-order valence-corrected chi connectivity index (χ1v) is 13.3. The molecule has 2 atom stereocenters. The molecule has 37 heavy (non-hydrogen) atoms. The Morgan fingerprint density at radius 1 is 0.649 bits per heavy atom. The predicted molar refractivity (Wildman–Crippen MR) is 144 cm³/mol. The molecular formula is C31H40N2O4. The standard InChI is InChI=1S/C16H21NO2.C15H19NO2/c1-18-14-8-6-13(7-9-14)15(12-17)16(19-2)10-4-3-5-11-16;1-18-13-7-5-12(6-8-13)14(11-16)15(17)9-3-2-4-10-15/h6-9,15H,3-5,10-11H2,1-2H3;5-8,14,17H,2-4,9-10H2,1H3. The molecule has 2 unspecified atom stereocenters. The molecule has 0 aliphatic heterocycles. The van der Waals surface area contributed by atoms with Gasteiger partial charge >= 0.3 is 0 Å². The maximum Gasteiger partial charge on any atom is 0.118 e. The van der Waals surface area contributed by atoms with Gasteiger partial charge in [0, 0.05) is 7.11 Å². The van der Waals surface area contributed by atoms with Crippen molar-refractivity contribution in [3.8, 4) is 23.6 Å². The third-order valence-electron chi connectivity index (χ3n) is 8.05. The summed E-state index contributed by atoms with van der Waals surface area (Å²) in [6, 6.07) is 19.9. The fourth-order valence-corrected chi connectivity index (χ4v) is 5.81. The molecule has 0 bridgehead atoms. The Balaban J connectivity index is 0.000000206. The third-order valence-corrected chi connectivity index (χ3v) is 8.05. The van der Waals surface area contributed by atoms with E-state index in [1.807, 2.05) is 48.5 Å². The van der Waals surface area contributed by atoms with E-state index in [0.717, 1.165) is 80.4 Å². The van der Waals surface area contributed by atoms with Crippen LogP contribution in [0.2, 0.25) is 0 Å². The van der Waals surface area contributed by atoms with E-state index in [-0.39, 0.29) is 11.5 Å². The molecule has 2 aliphatic carbocycles. The van der Waals surface area contributed by atoms with Gasteiger partial charge in [0.2, 0.25) is 0 Å². The second kappa shape index (κ2) is 13.5. The number of ether oxygens (including phenoxy) is 3. The van der Waals surface area contributed by atoms with Crippen LogP contribution in [0.5, 0.6) is 11.5 Å². The zero-order valence-electron chi connectivity index (χ0n) is 22.4. The molecule has 0 spiro atoms. The summed E-state index contributed by atoms with van der Waals surface area (Å²) in [4.78, 5) is 0. The van der Waals surface area contributed by atoms with Crippen LogP contribution in [0.25, 0.3) is 0 Å². The topological polar surface area (TPSA) is 95.5 Å². The number of hydrogen-bond donors (Lipinski definition) is 1. The zero-order chi connectivity index (χ0) is 26.7. The molecule has 2 fully saturated rings. The SMILES string of the molecule is COc1ccc(C(C#N)C2(O)CCCCC2)cc1.COc1ccc(C(C#N)C2(OC)CCCCC2)cc1. The molecule has 0 saturated heterocycles. The maximum absolute atomic E-state index is 10.7. The minimum atomic E-state index is -0.860. The first kappa shape index (κ1) is 28.5. The largest absolute Gasteiger partial charge is 0.497 e. The normalized spacial score (nSPS) is 19.6. The summed E-state index contributed by atoms with van der Waals surface area (Å²) in [5.41, 5.74) is 0.721. The summed E-state index contributed by atoms with van der Waals surface area (Å²) in [6.45, 7) is 0. The van der Waals surface area contributed by atoms with Gasteiger partial charge in [0.1, 0.15) is 17.4 Å². The molecule has 6 heteroatoms. The van der Waals surface area contributed by atoms with Crippen LogP contribution in [-0.2, 0) is 4.74 Å². The number of rotatable bonds is 7. The number of aliphatic hydroxyl groups is 1. The number of methoxy groups -OCH3 is 3. The van der Waals surface area contributed by atoms with Gasteiger partial charge in [-0.05, 0) is 61.1 Å². The van der Waals surface area contributed by atoms with Gasteiger partial charge in [0.05, 0.1) is 43.5 Å². The lowest BCUT2D eigenvalue weighted by molar-refractivity contribution is -0.0484. The molecule has 198 valence electrons. The van der Waals surface area contributed by atoms with E-state index in [1.165, 1.54) is 6.42 Å². The molecule has 0 amide bonds. The Kier molecular flexibility index (Phi) is 10.4. The van der Waals surface area contributed by atoms with E-state index in [2.05, 4.69) is 12.1 Å². The van der Waals surface area contributed by atoms with Gasteiger partial charge in [-0.3, -0.25) is 0 Å². The quantitative estimate of drug-likeness (QED) is 0.454. The number of hydrogen-bond acceptors (Lipinski definition) is 6. The highest BCUT2D eigenvalue weighted by Gasteiger charge is 2.41. The fourth-order valence-electron chi connectivity index (χ4n) is 5.81. The Bertz CT molecular complexity index is 1040. The van der Waals surface area contributed by atoms with Crippen molar-refractivity contribution in [3.63, 3.8) is 0 Å². The lowest BCUT2D eigenvalue weighted by Gasteiger charge is -2.39. The molecule has 4 rings (SSSR count). The van der Waals surface area contributed by atoms with E-state index < -0.39 is 11.5 Å². The number of nitrogens with zero attached hydrogens (tertiary/aromatic N) is 2. The average molecular weight is 505 g/mol. The molecule has 2 aliphatic rings. The highest BCUT2D eigenvalue weighted by Crippen LogP contribution is 2.42. The summed E-state index contributed by atoms with van der Waals surface area (Å²) >= 11 is 0. The third kappa shape index (κ3) is 6.83. The second-order valence-electron chi connectivity index (χ2n) is 10.2. The molecule has 2 aromatic carbocycles. The monoisotopic (exact) mass is 504 g/mol. The van der Waals surface area contributed by atoms with Crippen LogP contribution >= 0.6 is 0 Å². The van der Waals surface area contributed by atoms with Crippen molar-refractivity contribution < 1.29 is 19.3 Å². The summed E-state index contributed by atoms with van der Waals surface area (Å²) < 4.78 is 16.1. The van der Waals surface area contributed by atoms with E-state index in [4.69, 9.17) is 14.2 Å². The van der Waals surface area contributed by atoms with Gasteiger partial charge in [0.15, 0.2) is 0 Å². The highest BCUT2D eigenvalue weighted by atomic mass is 16.5. The lowest BCUT2D eigenvalue weighted by atomic mass is 9.73. The van der Waals surface area contributed by atoms with E-state index in [9.17, 15) is 15.6 Å². The average Bonchev–Trinajstić information content (AvgIpc) is 2.95. The van der Waals surface area contributed by atoms with Crippen molar-refractivity contribution in [2.75, 3.05) is 21.3 Å². The first-order valence-electron chi connectivity index (χ1n) is 13.3. The Labute approximate surface area is 221 Å². The molecule has 0 heterocycles. The van der Waals surface area contributed by atoms with Gasteiger partial charge in [-0.1, -0.05) is 62.8 Å². The van der Waals surface area contributed by atoms with Gasteiger partial charge < -0.3 is 19.3 Å². The van der Waals surface area contributed by atoms with Crippen molar-refractivity contribution in [1.82, 2.24) is 0 Å². The summed E-state index contributed by atoms with van der Waals surface area (Å²) in [6.07, 6.45) is 10.1. The Morgan fingerprint density at radius 3 is 1.43 bits per heavy atom. The van der Waals surface area contributed by atoms with E-state index in [1.54, 1.807) is 21.3 Å². The molecule has 1 N–H and O–H groups in total. The minimum Gasteiger partial charge on any atom is -0.497 e. The lowest BCUT2D eigenvalue weighted by Crippen LogP contribution is -2.40. The minimum absolute atomic E-state index is 0.205. The summed E-state index contributed by atoms with van der Waals surface area (Å²) in [5, 5.41) is 29.6. The predicted octanol–water partition coefficient (Wildman–Crippen LogP) is 6.65. The first-order chi connectivity index (χ1) is 17.9. The van der Waals surface area contributed by atoms with Crippen molar-refractivity contribution in [3.05, 3.63) is 59.7 Å². The van der Waals surface area contributed by atoms with Crippen LogP contribution in [0.1, 0.15) is 87.2 Å². The maximum atomic E-state index is 10.7. The molecule has 2 aromatic rings. The van der Waals surface area contributed by atoms with Crippen molar-refractivity contribution in [2.24, 2.45) is 0 Å². The second-order valence-corrected chi connectivity index (χ2v) is 10.2. The summed E-state index contributed by atoms with van der Waals surface area (Å²) in [5.74, 6) is 0.939. The van der Waals surface area contributed by atoms with E-state index >= 15 is 0 Å². The number of nitriles is 2. The van der Waals surface area contributed by atoms with Crippen LogP contribution in [0.15, 0.2) is 48.5 Å². The summed E-state index contributed by atoms with van der Waals surface area (Å²) in [7, 11) is 5.00. The van der Waals surface area contributed by atoms with Crippen LogP contribution in [0.3, 0.4) is 0 Å². The van der Waals surface area contributed by atoms with Gasteiger partial charge in [-0.15, -0.1) is 0 Å². The van der Waals surface area contributed by atoms with Gasteiger partial charge in [-0.25, -0.2) is 0 Å². The molecule has 6 nitrogen and oxygen atoms in total. The van der Waals surface area contributed by atoms with Crippen molar-refractivity contribution >= 4 is 0 Å². The molecule has 0 aromatic heterocycles. The zero-order valence-corrected chi connectivity index (χ0v) is 22.4. The van der Waals surface area contributed by atoms with Gasteiger partial charge in [0.25, 0.3) is 0 Å². The van der Waals surface area contributed by atoms with Crippen molar-refractivity contribution in [1.29, 1.82) is 10.5 Å². The smallest absolute Gasteiger partial charge is 0.118 e. The Morgan fingerprint density at radius 2 is 1.05 bits per heavy atom. The molecule has 0 radical (unpaired) electrons. The van der Waals surface area contributed by atoms with Gasteiger partial charge in [-0.2, -0.15) is 10.5 Å². The van der Waals surface area contributed by atoms with Crippen LogP contribution in [0.4, 0.5) is 0 Å². The van der Waals surface area contributed by atoms with Crippen LogP contribution in [0, 0.1) is 22.7 Å². The molecule has 2 saturated carbocycles. The van der Waals surface area contributed by atoms with Crippen LogP contribution in [-0.4, -0.2) is 37.6 Å². The highest BCUT2D eigenvalue weighted by molar-refractivity contribution is 5.35. The van der Waals surface area contributed by atoms with Crippen molar-refractivity contribution in [2.45, 2.75) is 87.2 Å². The van der Waals surface area contributed by atoms with E-state index in [0.29, 0.717) is 0 Å². The number of benzene rings is 2. The Hall–Kier alpha value is -3.06. The van der Waals surface area contributed by atoms with Crippen LogP contribution < -0.4 is 9.47 Å².